The Morgan fingerprint density at radius 1 is 1.67 bits per heavy atom. The summed E-state index contributed by atoms with van der Waals surface area (Å²) >= 11 is 0. The molecule has 6 heavy (non-hydrogen) atoms. The minimum absolute atomic E-state index is 0.301. The van der Waals surface area contributed by atoms with Crippen molar-refractivity contribution >= 4 is 13.9 Å². The van der Waals surface area contributed by atoms with E-state index in [0.717, 1.165) is 0 Å². The SMILES string of the molecule is O=COB(F)F. The zero-order chi connectivity index (χ0) is 4.99. The van der Waals surface area contributed by atoms with Gasteiger partial charge in [-0.25, -0.2) is 8.63 Å². The number of halogens is 2. The molecule has 0 aliphatic heterocycles. The summed E-state index contributed by atoms with van der Waals surface area (Å²) in [4.78, 5) is 8.91. The maximum Gasteiger partial charge on any atom is 0.798 e. The van der Waals surface area contributed by atoms with Crippen LogP contribution in [-0.2, 0) is 9.45 Å². The molecule has 0 spiro atoms. The molecule has 0 aromatic rings. The molecule has 34 valence electrons. The third-order valence-corrected chi connectivity index (χ3v) is 0.158. The first-order chi connectivity index (χ1) is 2.77. The second kappa shape index (κ2) is 2.62. The molecule has 0 aliphatic rings. The average Bonchev–Trinajstić information content (AvgIpc) is 1.35. The first-order valence-electron chi connectivity index (χ1n) is 1.14. The van der Waals surface area contributed by atoms with Crippen LogP contribution in [0.25, 0.3) is 0 Å². The lowest BCUT2D eigenvalue weighted by atomic mass is 10.4. The van der Waals surface area contributed by atoms with Gasteiger partial charge in [0.15, 0.2) is 0 Å². The number of hydrogen-bond acceptors (Lipinski definition) is 2. The Bertz CT molecular complexity index is 46.8. The van der Waals surface area contributed by atoms with Gasteiger partial charge >= 0.3 is 7.47 Å². The second-order valence-corrected chi connectivity index (χ2v) is 0.493. The lowest BCUT2D eigenvalue weighted by Crippen LogP contribution is -2.00. The topological polar surface area (TPSA) is 26.3 Å². The molecule has 0 aromatic carbocycles. The summed E-state index contributed by atoms with van der Waals surface area (Å²) in [5, 5.41) is 0. The van der Waals surface area contributed by atoms with Crippen LogP contribution >= 0.6 is 0 Å². The lowest BCUT2D eigenvalue weighted by Gasteiger charge is -1.80. The quantitative estimate of drug-likeness (QED) is 0.357. The van der Waals surface area contributed by atoms with Crippen LogP contribution in [0.1, 0.15) is 0 Å². The van der Waals surface area contributed by atoms with E-state index in [1.165, 1.54) is 0 Å². The highest BCUT2D eigenvalue weighted by Gasteiger charge is 2.14. The zero-order valence-electron chi connectivity index (χ0n) is 2.73. The van der Waals surface area contributed by atoms with Gasteiger partial charge in [-0.1, -0.05) is 0 Å². The molecular formula is CHBF2O2. The Hall–Kier alpha value is -0.605. The van der Waals surface area contributed by atoms with E-state index in [-0.39, 0.29) is 6.47 Å². The van der Waals surface area contributed by atoms with Gasteiger partial charge in [0.25, 0.3) is 6.47 Å². The average molecular weight is 93.8 g/mol. The molecule has 0 saturated heterocycles. The first-order valence-corrected chi connectivity index (χ1v) is 1.14. The molecule has 0 radical (unpaired) electrons. The molecular weight excluding hydrogens is 92.8 g/mol. The highest BCUT2D eigenvalue weighted by Crippen LogP contribution is 1.81. The molecule has 0 amide bonds. The van der Waals surface area contributed by atoms with Crippen molar-refractivity contribution < 1.29 is 18.1 Å². The third kappa shape index (κ3) is 3.39. The van der Waals surface area contributed by atoms with E-state index in [2.05, 4.69) is 4.65 Å². The minimum Gasteiger partial charge on any atom is -0.481 e. The van der Waals surface area contributed by atoms with Gasteiger partial charge in [0.2, 0.25) is 0 Å². The van der Waals surface area contributed by atoms with Crippen LogP contribution in [0.5, 0.6) is 0 Å². The number of rotatable bonds is 2. The predicted octanol–water partition coefficient (Wildman–Crippen LogP) is 0.0833. The Kier molecular flexibility index (Phi) is 2.36. The van der Waals surface area contributed by atoms with Crippen molar-refractivity contribution in [3.8, 4) is 0 Å². The van der Waals surface area contributed by atoms with E-state index in [1.807, 2.05) is 0 Å². The molecule has 0 fully saturated rings. The van der Waals surface area contributed by atoms with Gasteiger partial charge in [-0.05, 0) is 0 Å². The fourth-order valence-corrected chi connectivity index (χ4v) is 0.0420. The maximum absolute atomic E-state index is 10.6. The van der Waals surface area contributed by atoms with Gasteiger partial charge in [0.05, 0.1) is 0 Å². The number of carbonyl (C=O) groups is 1. The lowest BCUT2D eigenvalue weighted by molar-refractivity contribution is -0.122. The van der Waals surface area contributed by atoms with E-state index >= 15 is 0 Å². The summed E-state index contributed by atoms with van der Waals surface area (Å²) in [6.07, 6.45) is 0. The Balaban J connectivity index is 2.81. The van der Waals surface area contributed by atoms with E-state index in [4.69, 9.17) is 4.79 Å². The van der Waals surface area contributed by atoms with Crippen LogP contribution in [0.4, 0.5) is 8.63 Å². The summed E-state index contributed by atoms with van der Waals surface area (Å²) in [5.74, 6) is 0. The smallest absolute Gasteiger partial charge is 0.481 e. The van der Waals surface area contributed by atoms with E-state index in [0.29, 0.717) is 0 Å². The van der Waals surface area contributed by atoms with Gasteiger partial charge in [-0.2, -0.15) is 0 Å². The third-order valence-electron chi connectivity index (χ3n) is 0.158. The van der Waals surface area contributed by atoms with E-state index in [9.17, 15) is 8.63 Å². The van der Waals surface area contributed by atoms with Crippen molar-refractivity contribution in [1.82, 2.24) is 0 Å². The molecule has 2 nitrogen and oxygen atoms in total. The minimum atomic E-state index is -2.97. The fourth-order valence-electron chi connectivity index (χ4n) is 0.0420. The van der Waals surface area contributed by atoms with E-state index < -0.39 is 7.47 Å². The van der Waals surface area contributed by atoms with Crippen LogP contribution in [0, 0.1) is 0 Å². The zero-order valence-corrected chi connectivity index (χ0v) is 2.73. The monoisotopic (exact) mass is 94.0 g/mol. The first kappa shape index (κ1) is 5.39. The highest BCUT2D eigenvalue weighted by molar-refractivity contribution is 6.36. The Morgan fingerprint density at radius 3 is 2.17 bits per heavy atom. The Morgan fingerprint density at radius 2 is 2.17 bits per heavy atom. The fraction of sp³-hybridized carbons (Fsp3) is 0. The normalized spacial score (nSPS) is 7.00. The molecule has 0 saturated carbocycles. The molecule has 0 rings (SSSR count). The second-order valence-electron chi connectivity index (χ2n) is 0.493. The summed E-state index contributed by atoms with van der Waals surface area (Å²) < 4.78 is 24.2. The van der Waals surface area contributed by atoms with Crippen LogP contribution in [0.15, 0.2) is 0 Å². The predicted molar refractivity (Wildman–Crippen MR) is 15.1 cm³/mol. The molecule has 0 heterocycles. The standard InChI is InChI=1S/CHBF2O2/c3-2(4)6-1-5/h1H. The van der Waals surface area contributed by atoms with Gasteiger partial charge in [-0.3, -0.25) is 4.79 Å². The molecule has 0 aliphatic carbocycles. The van der Waals surface area contributed by atoms with Crippen LogP contribution in [-0.4, -0.2) is 13.9 Å². The molecule has 5 heteroatoms. The van der Waals surface area contributed by atoms with Gasteiger partial charge in [0.1, 0.15) is 0 Å². The van der Waals surface area contributed by atoms with Crippen molar-refractivity contribution in [2.45, 2.75) is 0 Å². The van der Waals surface area contributed by atoms with Crippen molar-refractivity contribution in [3.63, 3.8) is 0 Å². The molecule has 0 aromatic heterocycles. The van der Waals surface area contributed by atoms with Crippen molar-refractivity contribution in [3.05, 3.63) is 0 Å². The Labute approximate surface area is 33.3 Å². The van der Waals surface area contributed by atoms with Gasteiger partial charge in [-0.15, -0.1) is 0 Å². The van der Waals surface area contributed by atoms with E-state index in [1.54, 1.807) is 0 Å². The molecule has 0 atom stereocenters. The summed E-state index contributed by atoms with van der Waals surface area (Å²) in [6.45, 7) is -0.301. The molecule has 0 bridgehead atoms. The van der Waals surface area contributed by atoms with Crippen LogP contribution in [0.2, 0.25) is 0 Å². The van der Waals surface area contributed by atoms with Crippen molar-refractivity contribution in [1.29, 1.82) is 0 Å². The highest BCUT2D eigenvalue weighted by atomic mass is 19.2. The summed E-state index contributed by atoms with van der Waals surface area (Å²) in [5.41, 5.74) is 0. The van der Waals surface area contributed by atoms with Gasteiger partial charge in [0, 0.05) is 0 Å². The number of hydrogen-bond donors (Lipinski definition) is 0. The van der Waals surface area contributed by atoms with Crippen molar-refractivity contribution in [2.75, 3.05) is 0 Å². The molecule has 0 unspecified atom stereocenters. The van der Waals surface area contributed by atoms with Crippen LogP contribution in [0.3, 0.4) is 0 Å². The van der Waals surface area contributed by atoms with Gasteiger partial charge < -0.3 is 4.65 Å². The van der Waals surface area contributed by atoms with Crippen molar-refractivity contribution in [2.24, 2.45) is 0 Å². The summed E-state index contributed by atoms with van der Waals surface area (Å²) in [7, 11) is -2.97. The van der Waals surface area contributed by atoms with Crippen LogP contribution < -0.4 is 0 Å². The maximum atomic E-state index is 10.6. The molecule has 0 N–H and O–H groups in total. The summed E-state index contributed by atoms with van der Waals surface area (Å²) in [6, 6.07) is 0. The number of carbonyl (C=O) groups excluding carboxylic acids is 1. The largest absolute Gasteiger partial charge is 0.798 e.